The Morgan fingerprint density at radius 3 is 2.59 bits per heavy atom. The van der Waals surface area contributed by atoms with Crippen LogP contribution in [0.1, 0.15) is 6.92 Å². The van der Waals surface area contributed by atoms with Crippen molar-refractivity contribution in [1.82, 2.24) is 0 Å². The van der Waals surface area contributed by atoms with Crippen LogP contribution in [0.25, 0.3) is 0 Å². The van der Waals surface area contributed by atoms with Crippen LogP contribution < -0.4 is 10.6 Å². The topological polar surface area (TPSA) is 67.2 Å². The van der Waals surface area contributed by atoms with Gasteiger partial charge in [-0.15, -0.1) is 0 Å². The zero-order valence-electron chi connectivity index (χ0n) is 10.2. The third-order valence-electron chi connectivity index (χ3n) is 2.41. The molecule has 0 saturated carbocycles. The summed E-state index contributed by atoms with van der Waals surface area (Å²) in [5, 5.41) is 17.3. The van der Waals surface area contributed by atoms with E-state index in [0.29, 0.717) is 5.25 Å². The quantitative estimate of drug-likeness (QED) is 0.604. The van der Waals surface area contributed by atoms with Crippen molar-refractivity contribution < 1.29 is 4.92 Å². The normalized spacial score (nSPS) is 11.9. The molecular weight excluding hydrogens is 238 g/mol. The van der Waals surface area contributed by atoms with Crippen LogP contribution in [0.4, 0.5) is 17.1 Å². The van der Waals surface area contributed by atoms with E-state index >= 15 is 0 Å². The molecule has 0 saturated heterocycles. The van der Waals surface area contributed by atoms with Gasteiger partial charge in [-0.3, -0.25) is 10.1 Å². The van der Waals surface area contributed by atoms with Crippen LogP contribution in [-0.2, 0) is 0 Å². The second-order valence-electron chi connectivity index (χ2n) is 3.70. The average molecular weight is 255 g/mol. The van der Waals surface area contributed by atoms with Gasteiger partial charge < -0.3 is 10.6 Å². The van der Waals surface area contributed by atoms with Crippen LogP contribution in [0.3, 0.4) is 0 Å². The van der Waals surface area contributed by atoms with E-state index in [1.54, 1.807) is 24.9 Å². The maximum Gasteiger partial charge on any atom is 0.273 e. The zero-order chi connectivity index (χ0) is 12.8. The first-order chi connectivity index (χ1) is 8.06. The molecule has 0 spiro atoms. The molecule has 0 aliphatic heterocycles. The molecule has 0 aliphatic rings. The Bertz CT molecular complexity index is 398. The lowest BCUT2D eigenvalue weighted by Gasteiger charge is -2.12. The van der Waals surface area contributed by atoms with E-state index in [2.05, 4.69) is 17.6 Å². The number of nitrogens with zero attached hydrogens (tertiary/aromatic N) is 1. The number of nitro benzene ring substituents is 1. The predicted octanol–water partition coefficient (Wildman–Crippen LogP) is 2.80. The van der Waals surface area contributed by atoms with Crippen LogP contribution in [0, 0.1) is 10.1 Å². The van der Waals surface area contributed by atoms with Gasteiger partial charge in [-0.1, -0.05) is 6.92 Å². The molecule has 1 aromatic carbocycles. The Balaban J connectivity index is 2.83. The van der Waals surface area contributed by atoms with Crippen LogP contribution in [0.2, 0.25) is 0 Å². The first-order valence-electron chi connectivity index (χ1n) is 5.30. The largest absolute Gasteiger partial charge is 0.388 e. The highest BCUT2D eigenvalue weighted by Crippen LogP contribution is 2.24. The average Bonchev–Trinajstić information content (AvgIpc) is 2.35. The van der Waals surface area contributed by atoms with Gasteiger partial charge in [0.25, 0.3) is 5.69 Å². The standard InChI is InChI=1S/C11H17N3O2S/c1-8(17-3)7-13-10-4-9(12-2)5-11(6-10)14(15)16/h4-6,8,12-13H,7H2,1-3H3. The molecule has 0 aliphatic carbocycles. The maximum absolute atomic E-state index is 10.8. The minimum atomic E-state index is -0.385. The van der Waals surface area contributed by atoms with Crippen LogP contribution >= 0.6 is 11.8 Å². The van der Waals surface area contributed by atoms with E-state index in [-0.39, 0.29) is 10.6 Å². The van der Waals surface area contributed by atoms with Crippen molar-refractivity contribution in [2.75, 3.05) is 30.5 Å². The molecule has 0 aromatic heterocycles. The van der Waals surface area contributed by atoms with Crippen LogP contribution in [0.15, 0.2) is 18.2 Å². The number of benzene rings is 1. The zero-order valence-corrected chi connectivity index (χ0v) is 11.0. The number of hydrogen-bond donors (Lipinski definition) is 2. The Hall–Kier alpha value is -1.43. The Morgan fingerprint density at radius 2 is 2.06 bits per heavy atom. The SMILES string of the molecule is CNc1cc(NCC(C)SC)cc([N+](=O)[O-])c1. The second kappa shape index (κ2) is 6.34. The fraction of sp³-hybridized carbons (Fsp3) is 0.455. The van der Waals surface area contributed by atoms with Crippen molar-refractivity contribution in [2.45, 2.75) is 12.2 Å². The summed E-state index contributed by atoms with van der Waals surface area (Å²) >= 11 is 1.75. The van der Waals surface area contributed by atoms with Gasteiger partial charge in [-0.25, -0.2) is 0 Å². The van der Waals surface area contributed by atoms with Gasteiger partial charge in [0.15, 0.2) is 0 Å². The van der Waals surface area contributed by atoms with E-state index in [0.717, 1.165) is 17.9 Å². The molecule has 0 heterocycles. The third kappa shape index (κ3) is 4.14. The number of thioether (sulfide) groups is 1. The lowest BCUT2D eigenvalue weighted by molar-refractivity contribution is -0.384. The molecule has 94 valence electrons. The molecule has 0 radical (unpaired) electrons. The van der Waals surface area contributed by atoms with E-state index in [1.807, 2.05) is 12.3 Å². The van der Waals surface area contributed by atoms with Crippen molar-refractivity contribution in [3.8, 4) is 0 Å². The third-order valence-corrected chi connectivity index (χ3v) is 3.38. The van der Waals surface area contributed by atoms with E-state index < -0.39 is 0 Å². The number of nitro groups is 1. The van der Waals surface area contributed by atoms with E-state index in [4.69, 9.17) is 0 Å². The van der Waals surface area contributed by atoms with Gasteiger partial charge in [0.05, 0.1) is 4.92 Å². The Morgan fingerprint density at radius 1 is 1.41 bits per heavy atom. The number of hydrogen-bond acceptors (Lipinski definition) is 5. The lowest BCUT2D eigenvalue weighted by atomic mass is 10.2. The molecular formula is C11H17N3O2S. The predicted molar refractivity (Wildman–Crippen MR) is 74.1 cm³/mol. The summed E-state index contributed by atoms with van der Waals surface area (Å²) in [6.45, 7) is 2.89. The molecule has 2 N–H and O–H groups in total. The van der Waals surface area contributed by atoms with Gasteiger partial charge in [0.1, 0.15) is 0 Å². The molecule has 1 atom stereocenters. The molecule has 1 unspecified atom stereocenters. The fourth-order valence-electron chi connectivity index (χ4n) is 1.31. The lowest BCUT2D eigenvalue weighted by Crippen LogP contribution is -2.12. The van der Waals surface area contributed by atoms with Gasteiger partial charge in [-0.05, 0) is 12.3 Å². The summed E-state index contributed by atoms with van der Waals surface area (Å²) in [7, 11) is 1.74. The molecule has 5 nitrogen and oxygen atoms in total. The van der Waals surface area contributed by atoms with Gasteiger partial charge in [0.2, 0.25) is 0 Å². The molecule has 0 fully saturated rings. The first kappa shape index (κ1) is 13.6. The van der Waals surface area contributed by atoms with Crippen LogP contribution in [-0.4, -0.2) is 30.0 Å². The molecule has 1 rings (SSSR count). The van der Waals surface area contributed by atoms with Crippen molar-refractivity contribution in [3.63, 3.8) is 0 Å². The summed E-state index contributed by atoms with van der Waals surface area (Å²) in [5.74, 6) is 0. The van der Waals surface area contributed by atoms with E-state index in [9.17, 15) is 10.1 Å². The van der Waals surface area contributed by atoms with E-state index in [1.165, 1.54) is 6.07 Å². The highest BCUT2D eigenvalue weighted by Gasteiger charge is 2.09. The van der Waals surface area contributed by atoms with Crippen molar-refractivity contribution in [3.05, 3.63) is 28.3 Å². The van der Waals surface area contributed by atoms with Gasteiger partial charge in [0, 0.05) is 42.3 Å². The summed E-state index contributed by atoms with van der Waals surface area (Å²) in [6.07, 6.45) is 2.04. The minimum Gasteiger partial charge on any atom is -0.388 e. The molecule has 17 heavy (non-hydrogen) atoms. The Labute approximate surface area is 105 Å². The van der Waals surface area contributed by atoms with Crippen molar-refractivity contribution in [1.29, 1.82) is 0 Å². The molecule has 1 aromatic rings. The number of non-ortho nitro benzene ring substituents is 1. The number of anilines is 2. The van der Waals surface area contributed by atoms with Crippen molar-refractivity contribution in [2.24, 2.45) is 0 Å². The summed E-state index contributed by atoms with van der Waals surface area (Å²) in [5.41, 5.74) is 1.60. The number of rotatable bonds is 6. The van der Waals surface area contributed by atoms with Gasteiger partial charge >= 0.3 is 0 Å². The summed E-state index contributed by atoms with van der Waals surface area (Å²) in [6, 6.07) is 4.93. The first-order valence-corrected chi connectivity index (χ1v) is 6.59. The monoisotopic (exact) mass is 255 g/mol. The van der Waals surface area contributed by atoms with Crippen molar-refractivity contribution >= 4 is 28.8 Å². The van der Waals surface area contributed by atoms with Crippen LogP contribution in [0.5, 0.6) is 0 Å². The highest BCUT2D eigenvalue weighted by molar-refractivity contribution is 7.99. The van der Waals surface area contributed by atoms with Gasteiger partial charge in [-0.2, -0.15) is 11.8 Å². The second-order valence-corrected chi connectivity index (χ2v) is 4.98. The number of nitrogens with one attached hydrogen (secondary N) is 2. The Kier molecular flexibility index (Phi) is 5.09. The minimum absolute atomic E-state index is 0.0937. The molecule has 6 heteroatoms. The summed E-state index contributed by atoms with van der Waals surface area (Å²) in [4.78, 5) is 10.4. The highest BCUT2D eigenvalue weighted by atomic mass is 32.2. The maximum atomic E-state index is 10.8. The fourth-order valence-corrected chi connectivity index (χ4v) is 1.56. The smallest absolute Gasteiger partial charge is 0.273 e. The molecule has 0 amide bonds. The summed E-state index contributed by atoms with van der Waals surface area (Å²) < 4.78 is 0. The molecule has 0 bridgehead atoms.